The lowest BCUT2D eigenvalue weighted by molar-refractivity contribution is 0.379. The number of rotatable bonds is 2. The number of aromatic nitrogens is 3. The van der Waals surface area contributed by atoms with Crippen molar-refractivity contribution in [3.8, 4) is 10.7 Å². The number of fused-ring (bicyclic) bond motifs is 1. The van der Waals surface area contributed by atoms with E-state index in [1.54, 1.807) is 11.3 Å². The molecule has 0 saturated carbocycles. The molecule has 5 heteroatoms. The van der Waals surface area contributed by atoms with Gasteiger partial charge in [-0.1, -0.05) is 0 Å². The third-order valence-electron chi connectivity index (χ3n) is 4.05. The van der Waals surface area contributed by atoms with E-state index < -0.39 is 0 Å². The molecule has 4 heterocycles. The molecule has 0 radical (unpaired) electrons. The minimum absolute atomic E-state index is 0.441. The number of thiophene rings is 1. The highest BCUT2D eigenvalue weighted by molar-refractivity contribution is 7.15. The number of aryl methyl sites for hydroxylation is 1. The highest BCUT2D eigenvalue weighted by Gasteiger charge is 2.23. The first-order valence-electron chi connectivity index (χ1n) is 7.43. The van der Waals surface area contributed by atoms with Crippen LogP contribution in [-0.2, 0) is 0 Å². The van der Waals surface area contributed by atoms with Crippen LogP contribution in [0.15, 0.2) is 30.5 Å². The first-order valence-corrected chi connectivity index (χ1v) is 8.25. The van der Waals surface area contributed by atoms with Crippen molar-refractivity contribution in [1.82, 2.24) is 19.9 Å². The van der Waals surface area contributed by atoms with Gasteiger partial charge in [0.05, 0.1) is 4.88 Å². The summed E-state index contributed by atoms with van der Waals surface area (Å²) in [6.07, 6.45) is 4.26. The second-order valence-corrected chi connectivity index (χ2v) is 6.85. The normalized spacial score (nSPS) is 19.2. The minimum atomic E-state index is 0.441. The number of imidazole rings is 1. The lowest BCUT2D eigenvalue weighted by Gasteiger charge is -2.25. The Morgan fingerprint density at radius 3 is 3.05 bits per heavy atom. The maximum atomic E-state index is 4.85. The van der Waals surface area contributed by atoms with Gasteiger partial charge >= 0.3 is 0 Å². The molecule has 1 aliphatic heterocycles. The van der Waals surface area contributed by atoms with Crippen molar-refractivity contribution in [2.45, 2.75) is 25.8 Å². The number of hydrogen-bond acceptors (Lipinski definition) is 4. The quantitative estimate of drug-likeness (QED) is 0.788. The average Bonchev–Trinajstić information content (AvgIpc) is 3.11. The predicted molar refractivity (Wildman–Crippen MR) is 86.7 cm³/mol. The fourth-order valence-corrected chi connectivity index (χ4v) is 3.91. The molecular weight excluding hydrogens is 280 g/mol. The second-order valence-electron chi connectivity index (χ2n) is 5.56. The van der Waals surface area contributed by atoms with E-state index in [9.17, 15) is 0 Å². The topological polar surface area (TPSA) is 42.7 Å². The summed E-state index contributed by atoms with van der Waals surface area (Å²) in [5.41, 5.74) is 2.00. The van der Waals surface area contributed by atoms with Crippen LogP contribution < -0.4 is 5.32 Å². The Labute approximate surface area is 127 Å². The SMILES string of the molecule is Cc1ccc(-c2nc3cccnc3n2C2CCCNC2)s1. The Morgan fingerprint density at radius 1 is 1.33 bits per heavy atom. The van der Waals surface area contributed by atoms with Crippen LogP contribution in [0, 0.1) is 6.92 Å². The smallest absolute Gasteiger partial charge is 0.160 e. The van der Waals surface area contributed by atoms with Crippen molar-refractivity contribution < 1.29 is 0 Å². The van der Waals surface area contributed by atoms with E-state index in [2.05, 4.69) is 40.0 Å². The van der Waals surface area contributed by atoms with Gasteiger partial charge in [0.1, 0.15) is 5.52 Å². The molecule has 3 aromatic rings. The molecule has 1 saturated heterocycles. The molecule has 0 bridgehead atoms. The Hall–Kier alpha value is -1.72. The lowest BCUT2D eigenvalue weighted by atomic mass is 10.1. The van der Waals surface area contributed by atoms with Gasteiger partial charge in [0.15, 0.2) is 11.5 Å². The van der Waals surface area contributed by atoms with Gasteiger partial charge in [-0.3, -0.25) is 0 Å². The Balaban J connectivity index is 1.92. The first kappa shape index (κ1) is 13.0. The third kappa shape index (κ3) is 2.26. The predicted octanol–water partition coefficient (Wildman–Crippen LogP) is 3.39. The molecule has 4 nitrogen and oxygen atoms in total. The largest absolute Gasteiger partial charge is 0.315 e. The number of pyridine rings is 1. The van der Waals surface area contributed by atoms with Crippen LogP contribution in [0.1, 0.15) is 23.8 Å². The van der Waals surface area contributed by atoms with Crippen molar-refractivity contribution in [1.29, 1.82) is 0 Å². The summed E-state index contributed by atoms with van der Waals surface area (Å²) in [7, 11) is 0. The van der Waals surface area contributed by atoms with Gasteiger partial charge in [0.25, 0.3) is 0 Å². The fraction of sp³-hybridized carbons (Fsp3) is 0.375. The Bertz CT molecular complexity index is 768. The molecule has 4 rings (SSSR count). The van der Waals surface area contributed by atoms with Crippen molar-refractivity contribution in [2.75, 3.05) is 13.1 Å². The van der Waals surface area contributed by atoms with Gasteiger partial charge in [-0.2, -0.15) is 0 Å². The van der Waals surface area contributed by atoms with Crippen molar-refractivity contribution in [3.05, 3.63) is 35.3 Å². The zero-order chi connectivity index (χ0) is 14.2. The van der Waals surface area contributed by atoms with Crippen LogP contribution in [0.2, 0.25) is 0 Å². The fourth-order valence-electron chi connectivity index (χ4n) is 3.06. The highest BCUT2D eigenvalue weighted by Crippen LogP contribution is 2.33. The molecule has 0 aromatic carbocycles. The van der Waals surface area contributed by atoms with E-state index in [1.165, 1.54) is 22.6 Å². The molecule has 1 atom stereocenters. The molecule has 108 valence electrons. The first-order chi connectivity index (χ1) is 10.3. The van der Waals surface area contributed by atoms with E-state index in [0.717, 1.165) is 30.1 Å². The molecule has 21 heavy (non-hydrogen) atoms. The summed E-state index contributed by atoms with van der Waals surface area (Å²) in [4.78, 5) is 12.0. The van der Waals surface area contributed by atoms with Gasteiger partial charge in [-0.25, -0.2) is 9.97 Å². The second kappa shape index (κ2) is 5.24. The van der Waals surface area contributed by atoms with Crippen LogP contribution in [0.4, 0.5) is 0 Å². The molecule has 0 spiro atoms. The maximum Gasteiger partial charge on any atom is 0.160 e. The molecule has 0 aliphatic carbocycles. The van der Waals surface area contributed by atoms with Crippen LogP contribution in [-0.4, -0.2) is 27.6 Å². The molecule has 1 unspecified atom stereocenters. The minimum Gasteiger partial charge on any atom is -0.315 e. The number of nitrogens with zero attached hydrogens (tertiary/aromatic N) is 3. The summed E-state index contributed by atoms with van der Waals surface area (Å²) in [6.45, 7) is 4.25. The van der Waals surface area contributed by atoms with E-state index in [4.69, 9.17) is 4.98 Å². The molecule has 1 fully saturated rings. The van der Waals surface area contributed by atoms with Crippen LogP contribution >= 0.6 is 11.3 Å². The zero-order valence-electron chi connectivity index (χ0n) is 12.0. The summed E-state index contributed by atoms with van der Waals surface area (Å²) < 4.78 is 2.34. The van der Waals surface area contributed by atoms with Crippen LogP contribution in [0.5, 0.6) is 0 Å². The van der Waals surface area contributed by atoms with Gasteiger partial charge in [-0.05, 0) is 50.6 Å². The molecule has 3 aromatic heterocycles. The zero-order valence-corrected chi connectivity index (χ0v) is 12.9. The Kier molecular flexibility index (Phi) is 3.24. The number of hydrogen-bond donors (Lipinski definition) is 1. The monoisotopic (exact) mass is 298 g/mol. The Morgan fingerprint density at radius 2 is 2.29 bits per heavy atom. The summed E-state index contributed by atoms with van der Waals surface area (Å²) in [5.74, 6) is 1.07. The maximum absolute atomic E-state index is 4.85. The van der Waals surface area contributed by atoms with E-state index in [0.29, 0.717) is 6.04 Å². The third-order valence-corrected chi connectivity index (χ3v) is 5.04. The standard InChI is InChI=1S/C16H18N4S/c1-11-6-7-14(21-11)16-19-13-5-3-9-18-15(13)20(16)12-4-2-8-17-10-12/h3,5-7,9,12,17H,2,4,8,10H2,1H3. The summed E-state index contributed by atoms with van der Waals surface area (Å²) in [6, 6.07) is 8.79. The van der Waals surface area contributed by atoms with Gasteiger partial charge in [0.2, 0.25) is 0 Å². The molecule has 0 amide bonds. The van der Waals surface area contributed by atoms with E-state index in [-0.39, 0.29) is 0 Å². The van der Waals surface area contributed by atoms with Gasteiger partial charge < -0.3 is 9.88 Å². The van der Waals surface area contributed by atoms with E-state index >= 15 is 0 Å². The van der Waals surface area contributed by atoms with Gasteiger partial charge in [0, 0.05) is 23.7 Å². The highest BCUT2D eigenvalue weighted by atomic mass is 32.1. The molecule has 1 N–H and O–H groups in total. The average molecular weight is 298 g/mol. The number of piperidine rings is 1. The van der Waals surface area contributed by atoms with Crippen molar-refractivity contribution in [3.63, 3.8) is 0 Å². The van der Waals surface area contributed by atoms with Crippen molar-refractivity contribution in [2.24, 2.45) is 0 Å². The molecule has 1 aliphatic rings. The molecular formula is C16H18N4S. The van der Waals surface area contributed by atoms with E-state index in [1.807, 2.05) is 12.3 Å². The van der Waals surface area contributed by atoms with Crippen LogP contribution in [0.25, 0.3) is 21.9 Å². The van der Waals surface area contributed by atoms with Crippen LogP contribution in [0.3, 0.4) is 0 Å². The lowest BCUT2D eigenvalue weighted by Crippen LogP contribution is -2.32. The summed E-state index contributed by atoms with van der Waals surface area (Å²) in [5, 5.41) is 3.50. The van der Waals surface area contributed by atoms with Crippen molar-refractivity contribution >= 4 is 22.5 Å². The number of nitrogens with one attached hydrogen (secondary N) is 1. The van der Waals surface area contributed by atoms with Gasteiger partial charge in [-0.15, -0.1) is 11.3 Å². The summed E-state index contributed by atoms with van der Waals surface area (Å²) >= 11 is 1.80.